The number of thioether (sulfide) groups is 2. The summed E-state index contributed by atoms with van der Waals surface area (Å²) < 4.78 is 11.4. The first kappa shape index (κ1) is 43.3. The van der Waals surface area contributed by atoms with Gasteiger partial charge in [-0.1, -0.05) is 157 Å². The van der Waals surface area contributed by atoms with E-state index in [9.17, 15) is 19.2 Å². The molecule has 1 fully saturated rings. The summed E-state index contributed by atoms with van der Waals surface area (Å²) in [5.74, 6) is -1.57. The van der Waals surface area contributed by atoms with Gasteiger partial charge in [0.05, 0.1) is 0 Å². The molecule has 2 atom stereocenters. The number of thiazole rings is 1. The van der Waals surface area contributed by atoms with E-state index in [-0.39, 0.29) is 23.7 Å². The third kappa shape index (κ3) is 8.95. The lowest BCUT2D eigenvalue weighted by Crippen LogP contribution is -2.71. The Labute approximate surface area is 387 Å². The van der Waals surface area contributed by atoms with Crippen molar-refractivity contribution in [3.63, 3.8) is 0 Å². The summed E-state index contributed by atoms with van der Waals surface area (Å²) in [5.41, 5.74) is 4.53. The minimum atomic E-state index is -1.01. The zero-order valence-electron chi connectivity index (χ0n) is 34.9. The number of esters is 2. The lowest BCUT2D eigenvalue weighted by atomic mass is 9.77. The predicted octanol–water partition coefficient (Wildman–Crippen LogP) is 8.06. The number of amides is 2. The van der Waals surface area contributed by atoms with Gasteiger partial charge in [0.2, 0.25) is 0 Å². The normalized spacial score (nSPS) is 17.2. The van der Waals surface area contributed by atoms with Gasteiger partial charge in [-0.25, -0.2) is 14.6 Å². The van der Waals surface area contributed by atoms with Gasteiger partial charge >= 0.3 is 11.9 Å². The molecule has 5 aromatic carbocycles. The third-order valence-electron chi connectivity index (χ3n) is 11.1. The average molecular weight is 920 g/mol. The Morgan fingerprint density at radius 3 is 1.92 bits per heavy atom. The fourth-order valence-corrected chi connectivity index (χ4v) is 11.3. The summed E-state index contributed by atoms with van der Waals surface area (Å²) >= 11 is 4.05. The first-order valence-corrected chi connectivity index (χ1v) is 23.6. The Balaban J connectivity index is 0.979. The van der Waals surface area contributed by atoms with E-state index in [1.165, 1.54) is 52.9 Å². The zero-order chi connectivity index (χ0) is 44.8. The van der Waals surface area contributed by atoms with E-state index in [4.69, 9.17) is 19.3 Å². The van der Waals surface area contributed by atoms with E-state index in [1.54, 1.807) is 5.38 Å². The number of hydrogen-bond acceptors (Lipinski definition) is 13. The number of benzene rings is 5. The smallest absolute Gasteiger partial charge is 0.356 e. The van der Waals surface area contributed by atoms with Crippen LogP contribution in [0.3, 0.4) is 0 Å². The molecule has 15 heteroatoms. The average Bonchev–Trinajstić information content (AvgIpc) is 4.01. The lowest BCUT2D eigenvalue weighted by molar-refractivity contribution is -0.154. The number of hydrogen-bond donors (Lipinski definition) is 2. The van der Waals surface area contributed by atoms with Crippen molar-refractivity contribution in [2.45, 2.75) is 23.1 Å². The number of nitrogens with zero attached hydrogens (tertiary/aromatic N) is 3. The largest absolute Gasteiger partial charge is 0.458 e. The Morgan fingerprint density at radius 1 is 0.846 bits per heavy atom. The second kappa shape index (κ2) is 19.4. The molecule has 0 aliphatic carbocycles. The van der Waals surface area contributed by atoms with Crippen LogP contribution in [0.25, 0.3) is 0 Å². The molecule has 0 unspecified atom stereocenters. The van der Waals surface area contributed by atoms with Gasteiger partial charge in [-0.05, 0) is 33.4 Å². The van der Waals surface area contributed by atoms with Gasteiger partial charge in [-0.3, -0.25) is 14.5 Å². The van der Waals surface area contributed by atoms with Crippen LogP contribution in [0.5, 0.6) is 0 Å². The van der Waals surface area contributed by atoms with Crippen LogP contribution in [0.15, 0.2) is 184 Å². The number of rotatable bonds is 16. The van der Waals surface area contributed by atoms with Crippen LogP contribution >= 0.6 is 34.9 Å². The molecule has 326 valence electrons. The van der Waals surface area contributed by atoms with Gasteiger partial charge in [0.1, 0.15) is 42.1 Å². The maximum Gasteiger partial charge on any atom is 0.356 e. The molecular weight excluding hydrogens is 879 g/mol. The van der Waals surface area contributed by atoms with Crippen molar-refractivity contribution >= 4 is 69.5 Å². The quantitative estimate of drug-likeness (QED) is 0.0320. The minimum absolute atomic E-state index is 0.0942. The summed E-state index contributed by atoms with van der Waals surface area (Å²) in [6, 6.07) is 48.0. The summed E-state index contributed by atoms with van der Waals surface area (Å²) in [5, 5.41) is 12.3. The van der Waals surface area contributed by atoms with Crippen molar-refractivity contribution in [2.24, 2.45) is 5.16 Å². The number of oxime groups is 1. The van der Waals surface area contributed by atoms with Crippen molar-refractivity contribution in [1.29, 1.82) is 0 Å². The molecule has 1 saturated heterocycles. The highest BCUT2D eigenvalue weighted by atomic mass is 32.2. The fraction of sp³-hybridized carbons (Fsp3) is 0.160. The summed E-state index contributed by atoms with van der Waals surface area (Å²) in [4.78, 5) is 66.9. The van der Waals surface area contributed by atoms with Crippen molar-refractivity contribution < 1.29 is 33.5 Å². The first-order valence-electron chi connectivity index (χ1n) is 20.6. The van der Waals surface area contributed by atoms with Crippen molar-refractivity contribution in [3.05, 3.63) is 213 Å². The molecule has 9 rings (SSSR count). The van der Waals surface area contributed by atoms with E-state index in [0.717, 1.165) is 33.4 Å². The highest BCUT2D eigenvalue weighted by Gasteiger charge is 2.55. The standard InChI is InChI=1S/C50H41N5O7S3/c1-60-54-41(38-30-65-49(51-38)53-50(35-21-11-4-12-22-35,36-23-13-5-14-24-36)37-25-15-6-16-26-37)45(57)52-42-46(58)55-43(39(31-64-47(42)55)63-29-32-27-40(56)61-28-32)48(59)62-44(33-17-7-2-8-18-33)34-19-9-3-10-20-34/h2-27,30,42,44,47H,28-29,31H2,1H3,(H,51,53)(H,52,57)/t42-,47+/m1/s1. The molecule has 2 amide bonds. The minimum Gasteiger partial charge on any atom is -0.458 e. The van der Waals surface area contributed by atoms with E-state index in [2.05, 4.69) is 52.2 Å². The zero-order valence-corrected chi connectivity index (χ0v) is 37.3. The highest BCUT2D eigenvalue weighted by molar-refractivity contribution is 8.06. The van der Waals surface area contributed by atoms with Gasteiger partial charge in [0.15, 0.2) is 16.9 Å². The molecule has 65 heavy (non-hydrogen) atoms. The van der Waals surface area contributed by atoms with Gasteiger partial charge in [-0.15, -0.1) is 34.9 Å². The van der Waals surface area contributed by atoms with E-state index in [1.807, 2.05) is 115 Å². The number of carbonyl (C=O) groups excluding carboxylic acids is 4. The topological polar surface area (TPSA) is 149 Å². The molecule has 0 radical (unpaired) electrons. The highest BCUT2D eigenvalue weighted by Crippen LogP contribution is 2.45. The second-order valence-corrected chi connectivity index (χ2v) is 18.1. The van der Waals surface area contributed by atoms with Crippen LogP contribution in [0.1, 0.15) is 39.6 Å². The molecule has 1 aromatic heterocycles. The van der Waals surface area contributed by atoms with Crippen LogP contribution in [0.2, 0.25) is 0 Å². The number of ether oxygens (including phenoxy) is 2. The summed E-state index contributed by atoms with van der Waals surface area (Å²) in [7, 11) is 1.33. The molecule has 12 nitrogen and oxygen atoms in total. The van der Waals surface area contributed by atoms with Gasteiger partial charge < -0.3 is 24.9 Å². The summed E-state index contributed by atoms with van der Waals surface area (Å²) in [6.45, 7) is 0.158. The van der Waals surface area contributed by atoms with Crippen LogP contribution in [-0.4, -0.2) is 76.0 Å². The maximum absolute atomic E-state index is 14.5. The Kier molecular flexibility index (Phi) is 13.0. The molecule has 6 aromatic rings. The predicted molar refractivity (Wildman–Crippen MR) is 253 cm³/mol. The van der Waals surface area contributed by atoms with Gasteiger partial charge in [0, 0.05) is 27.9 Å². The van der Waals surface area contributed by atoms with Crippen molar-refractivity contribution in [3.8, 4) is 0 Å². The Hall–Kier alpha value is -6.94. The number of aromatic nitrogens is 1. The van der Waals surface area contributed by atoms with Crippen LogP contribution in [-0.2, 0) is 39.0 Å². The fourth-order valence-electron chi connectivity index (χ4n) is 8.00. The molecule has 3 aliphatic rings. The number of nitrogens with one attached hydrogen (secondary N) is 2. The molecule has 3 aliphatic heterocycles. The summed E-state index contributed by atoms with van der Waals surface area (Å²) in [6.07, 6.45) is 0.675. The third-order valence-corrected chi connectivity index (χ3v) is 14.5. The number of anilines is 1. The van der Waals surface area contributed by atoms with E-state index in [0.29, 0.717) is 21.5 Å². The van der Waals surface area contributed by atoms with Gasteiger partial charge in [-0.2, -0.15) is 0 Å². The van der Waals surface area contributed by atoms with Crippen LogP contribution in [0, 0.1) is 0 Å². The second-order valence-electron chi connectivity index (χ2n) is 15.1. The first-order chi connectivity index (χ1) is 31.8. The monoisotopic (exact) mass is 919 g/mol. The molecular formula is C50H41N5O7S3. The molecule has 0 saturated carbocycles. The maximum atomic E-state index is 14.5. The van der Waals surface area contributed by atoms with E-state index < -0.39 is 46.8 Å². The van der Waals surface area contributed by atoms with Crippen molar-refractivity contribution in [2.75, 3.05) is 30.5 Å². The molecule has 0 bridgehead atoms. The number of fused-ring (bicyclic) bond motifs is 1. The number of cyclic esters (lactones) is 1. The molecule has 4 heterocycles. The number of carbonyl (C=O) groups is 4. The molecule has 2 N–H and O–H groups in total. The Bertz CT molecular complexity index is 2650. The van der Waals surface area contributed by atoms with Crippen LogP contribution < -0.4 is 10.6 Å². The molecule has 0 spiro atoms. The van der Waals surface area contributed by atoms with Crippen LogP contribution in [0.4, 0.5) is 5.13 Å². The lowest BCUT2D eigenvalue weighted by Gasteiger charge is -2.49. The van der Waals surface area contributed by atoms with E-state index >= 15 is 0 Å². The Morgan fingerprint density at radius 2 is 1.40 bits per heavy atom. The SMILES string of the molecule is CON=C(C(=O)N[C@@H]1C(=O)N2C(C(=O)OC(c3ccccc3)c3ccccc3)=C(SCC3=CC(=O)OC3)CS[C@@H]12)c1csc(NC(c2ccccc2)(c2ccccc2)c2ccccc2)n1. The number of β-lactam (4-membered cyclic amide) rings is 1. The van der Waals surface area contributed by atoms with Gasteiger partial charge in [0.25, 0.3) is 11.8 Å². The van der Waals surface area contributed by atoms with Crippen molar-refractivity contribution in [1.82, 2.24) is 15.2 Å².